The first kappa shape index (κ1) is 11.7. The van der Waals surface area contributed by atoms with Crippen molar-refractivity contribution in [3.63, 3.8) is 0 Å². The molecule has 1 rings (SSSR count). The van der Waals surface area contributed by atoms with Crippen LogP contribution in [-0.4, -0.2) is 60.8 Å². The summed E-state index contributed by atoms with van der Waals surface area (Å²) in [4.78, 5) is 4.68. The van der Waals surface area contributed by atoms with Gasteiger partial charge in [-0.15, -0.1) is 6.58 Å². The standard InChI is InChI=1S/C11H22N2O/c1-3-6-13-7-4-5-11(10-13)12(2)8-9-14/h3,11,14H,1,4-10H2,2H3. The number of nitrogens with zero attached hydrogens (tertiary/aromatic N) is 2. The number of aliphatic hydroxyl groups is 1. The topological polar surface area (TPSA) is 26.7 Å². The summed E-state index contributed by atoms with van der Waals surface area (Å²) in [5.41, 5.74) is 0. The Kier molecular flexibility index (Phi) is 5.15. The van der Waals surface area contributed by atoms with Gasteiger partial charge in [-0.1, -0.05) is 6.08 Å². The van der Waals surface area contributed by atoms with Crippen molar-refractivity contribution < 1.29 is 5.11 Å². The Morgan fingerprint density at radius 3 is 3.07 bits per heavy atom. The molecule has 0 aromatic carbocycles. The number of piperidine rings is 1. The van der Waals surface area contributed by atoms with Crippen molar-refractivity contribution in [1.82, 2.24) is 9.80 Å². The number of likely N-dealkylation sites (tertiary alicyclic amines) is 1. The van der Waals surface area contributed by atoms with Crippen molar-refractivity contribution >= 4 is 0 Å². The largest absolute Gasteiger partial charge is 0.395 e. The number of hydrogen-bond donors (Lipinski definition) is 1. The predicted molar refractivity (Wildman–Crippen MR) is 59.4 cm³/mol. The molecule has 0 radical (unpaired) electrons. The summed E-state index contributed by atoms with van der Waals surface area (Å²) in [7, 11) is 2.10. The van der Waals surface area contributed by atoms with Crippen LogP contribution >= 0.6 is 0 Å². The minimum absolute atomic E-state index is 0.258. The first-order chi connectivity index (χ1) is 6.77. The smallest absolute Gasteiger partial charge is 0.0558 e. The van der Waals surface area contributed by atoms with E-state index in [0.29, 0.717) is 6.04 Å². The van der Waals surface area contributed by atoms with Crippen LogP contribution in [0.3, 0.4) is 0 Å². The molecule has 0 bridgehead atoms. The van der Waals surface area contributed by atoms with Crippen LogP contribution in [0.15, 0.2) is 12.7 Å². The molecule has 1 unspecified atom stereocenters. The van der Waals surface area contributed by atoms with Gasteiger partial charge < -0.3 is 5.11 Å². The van der Waals surface area contributed by atoms with Gasteiger partial charge in [0, 0.05) is 25.7 Å². The average Bonchev–Trinajstić information content (AvgIpc) is 2.19. The van der Waals surface area contributed by atoms with E-state index in [0.717, 1.165) is 19.6 Å². The zero-order valence-corrected chi connectivity index (χ0v) is 9.15. The minimum atomic E-state index is 0.258. The van der Waals surface area contributed by atoms with Gasteiger partial charge in [0.05, 0.1) is 6.61 Å². The number of aliphatic hydroxyl groups excluding tert-OH is 1. The third-order valence-corrected chi connectivity index (χ3v) is 2.94. The highest BCUT2D eigenvalue weighted by molar-refractivity contribution is 4.83. The average molecular weight is 198 g/mol. The van der Waals surface area contributed by atoms with E-state index in [1.54, 1.807) is 0 Å². The van der Waals surface area contributed by atoms with E-state index in [1.165, 1.54) is 19.4 Å². The fourth-order valence-corrected chi connectivity index (χ4v) is 2.08. The summed E-state index contributed by atoms with van der Waals surface area (Å²) in [6.45, 7) is 8.10. The van der Waals surface area contributed by atoms with Crippen molar-refractivity contribution in [3.8, 4) is 0 Å². The molecule has 1 saturated heterocycles. The van der Waals surface area contributed by atoms with Gasteiger partial charge in [-0.3, -0.25) is 9.80 Å². The van der Waals surface area contributed by atoms with Crippen LogP contribution in [0, 0.1) is 0 Å². The SMILES string of the molecule is C=CCN1CCCC(N(C)CCO)C1. The maximum Gasteiger partial charge on any atom is 0.0558 e. The zero-order valence-electron chi connectivity index (χ0n) is 9.15. The normalized spacial score (nSPS) is 24.1. The zero-order chi connectivity index (χ0) is 10.4. The molecular formula is C11H22N2O. The van der Waals surface area contributed by atoms with Crippen LogP contribution in [-0.2, 0) is 0 Å². The van der Waals surface area contributed by atoms with Gasteiger partial charge in [0.1, 0.15) is 0 Å². The van der Waals surface area contributed by atoms with Crippen LogP contribution in [0.4, 0.5) is 0 Å². The van der Waals surface area contributed by atoms with E-state index >= 15 is 0 Å². The number of hydrogen-bond acceptors (Lipinski definition) is 3. The van der Waals surface area contributed by atoms with Crippen molar-refractivity contribution in [2.45, 2.75) is 18.9 Å². The fourth-order valence-electron chi connectivity index (χ4n) is 2.08. The Morgan fingerprint density at radius 2 is 2.43 bits per heavy atom. The molecule has 1 atom stereocenters. The Bertz CT molecular complexity index is 173. The number of rotatable bonds is 5. The van der Waals surface area contributed by atoms with E-state index in [2.05, 4.69) is 23.4 Å². The van der Waals surface area contributed by atoms with E-state index in [9.17, 15) is 0 Å². The van der Waals surface area contributed by atoms with Crippen LogP contribution < -0.4 is 0 Å². The minimum Gasteiger partial charge on any atom is -0.395 e. The number of likely N-dealkylation sites (N-methyl/N-ethyl adjacent to an activating group) is 1. The van der Waals surface area contributed by atoms with Gasteiger partial charge >= 0.3 is 0 Å². The third-order valence-electron chi connectivity index (χ3n) is 2.94. The molecular weight excluding hydrogens is 176 g/mol. The molecule has 14 heavy (non-hydrogen) atoms. The molecule has 1 aliphatic rings. The Morgan fingerprint density at radius 1 is 1.64 bits per heavy atom. The molecule has 1 N–H and O–H groups in total. The molecule has 0 aromatic heterocycles. The summed E-state index contributed by atoms with van der Waals surface area (Å²) in [5.74, 6) is 0. The van der Waals surface area contributed by atoms with Crippen molar-refractivity contribution in [3.05, 3.63) is 12.7 Å². The van der Waals surface area contributed by atoms with E-state index in [4.69, 9.17) is 5.11 Å². The lowest BCUT2D eigenvalue weighted by Gasteiger charge is -2.37. The van der Waals surface area contributed by atoms with Crippen LogP contribution in [0.1, 0.15) is 12.8 Å². The summed E-state index contributed by atoms with van der Waals surface area (Å²) in [5, 5.41) is 8.87. The second-order valence-electron chi connectivity index (χ2n) is 4.05. The summed E-state index contributed by atoms with van der Waals surface area (Å²) in [6.07, 6.45) is 4.48. The third kappa shape index (κ3) is 3.40. The summed E-state index contributed by atoms with van der Waals surface area (Å²) < 4.78 is 0. The lowest BCUT2D eigenvalue weighted by atomic mass is 10.0. The van der Waals surface area contributed by atoms with Crippen molar-refractivity contribution in [2.75, 3.05) is 39.8 Å². The Labute approximate surface area is 87.0 Å². The molecule has 3 heteroatoms. The predicted octanol–water partition coefficient (Wildman–Crippen LogP) is 0.561. The summed E-state index contributed by atoms with van der Waals surface area (Å²) >= 11 is 0. The van der Waals surface area contributed by atoms with Crippen LogP contribution in [0.5, 0.6) is 0 Å². The van der Waals surface area contributed by atoms with Gasteiger partial charge in [-0.25, -0.2) is 0 Å². The Balaban J connectivity index is 2.34. The first-order valence-electron chi connectivity index (χ1n) is 5.42. The maximum absolute atomic E-state index is 8.87. The van der Waals surface area contributed by atoms with E-state index in [-0.39, 0.29) is 6.61 Å². The fraction of sp³-hybridized carbons (Fsp3) is 0.818. The van der Waals surface area contributed by atoms with Gasteiger partial charge in [0.2, 0.25) is 0 Å². The molecule has 0 saturated carbocycles. The van der Waals surface area contributed by atoms with Crippen LogP contribution in [0.2, 0.25) is 0 Å². The second kappa shape index (κ2) is 6.17. The van der Waals surface area contributed by atoms with Gasteiger partial charge in [-0.2, -0.15) is 0 Å². The molecule has 3 nitrogen and oxygen atoms in total. The van der Waals surface area contributed by atoms with Crippen LogP contribution in [0.25, 0.3) is 0 Å². The monoisotopic (exact) mass is 198 g/mol. The molecule has 0 spiro atoms. The highest BCUT2D eigenvalue weighted by atomic mass is 16.3. The first-order valence-corrected chi connectivity index (χ1v) is 5.42. The lowest BCUT2D eigenvalue weighted by Crippen LogP contribution is -2.47. The summed E-state index contributed by atoms with van der Waals surface area (Å²) in [6, 6.07) is 0.607. The van der Waals surface area contributed by atoms with Crippen molar-refractivity contribution in [2.24, 2.45) is 0 Å². The molecule has 1 heterocycles. The maximum atomic E-state index is 8.87. The highest BCUT2D eigenvalue weighted by Crippen LogP contribution is 2.14. The molecule has 1 aliphatic heterocycles. The highest BCUT2D eigenvalue weighted by Gasteiger charge is 2.21. The van der Waals surface area contributed by atoms with E-state index < -0.39 is 0 Å². The lowest BCUT2D eigenvalue weighted by molar-refractivity contribution is 0.107. The molecule has 1 fully saturated rings. The second-order valence-corrected chi connectivity index (χ2v) is 4.05. The van der Waals surface area contributed by atoms with Gasteiger partial charge in [0.25, 0.3) is 0 Å². The van der Waals surface area contributed by atoms with E-state index in [1.807, 2.05) is 6.08 Å². The van der Waals surface area contributed by atoms with Crippen molar-refractivity contribution in [1.29, 1.82) is 0 Å². The molecule has 0 aromatic rings. The quantitative estimate of drug-likeness (QED) is 0.654. The molecule has 0 aliphatic carbocycles. The van der Waals surface area contributed by atoms with Gasteiger partial charge in [0.15, 0.2) is 0 Å². The van der Waals surface area contributed by atoms with Gasteiger partial charge in [-0.05, 0) is 26.4 Å². The molecule has 0 amide bonds. The molecule has 82 valence electrons. The Hall–Kier alpha value is -0.380.